The third kappa shape index (κ3) is 5.93. The van der Waals surface area contributed by atoms with Gasteiger partial charge in [-0.15, -0.1) is 6.58 Å². The second kappa shape index (κ2) is 10.5. The van der Waals surface area contributed by atoms with Crippen molar-refractivity contribution in [2.75, 3.05) is 0 Å². The van der Waals surface area contributed by atoms with E-state index in [0.29, 0.717) is 0 Å². The Hall–Kier alpha value is -3.98. The summed E-state index contributed by atoms with van der Waals surface area (Å²) in [6.07, 6.45) is 1.80. The molecule has 176 valence electrons. The van der Waals surface area contributed by atoms with Crippen molar-refractivity contribution in [1.82, 2.24) is 0 Å². The molecule has 4 rings (SSSR count). The predicted octanol–water partition coefficient (Wildman–Crippen LogP) is 7.36. The van der Waals surface area contributed by atoms with Crippen LogP contribution in [-0.4, -0.2) is 23.3 Å². The molecule has 0 fully saturated rings. The van der Waals surface area contributed by atoms with Gasteiger partial charge in [0.1, 0.15) is 5.60 Å². The number of fused-ring (bicyclic) bond motifs is 1. The predicted molar refractivity (Wildman–Crippen MR) is 145 cm³/mol. The standard InChI is InChI=1S/C32H31NO2/c1-5-28(27-21-20-23-14-12-13-19-26(23)22-27)30(31(34)35-32(2,3)4)33-29(24-15-8-6-9-16-24)25-17-10-7-11-18-25/h5-22,28,30H,1H2,2-4H3/t28-,30+/m0/s1. The Balaban J connectivity index is 1.88. The SMILES string of the molecule is C=C[C@@H](c1ccc2ccccc2c1)[C@@H](N=C(c1ccccc1)c1ccccc1)C(=O)OC(C)(C)C. The monoisotopic (exact) mass is 461 g/mol. The third-order valence-electron chi connectivity index (χ3n) is 5.76. The van der Waals surface area contributed by atoms with Crippen molar-refractivity contribution in [3.8, 4) is 0 Å². The van der Waals surface area contributed by atoms with Crippen LogP contribution < -0.4 is 0 Å². The summed E-state index contributed by atoms with van der Waals surface area (Å²) in [6, 6.07) is 33.5. The molecule has 0 N–H and O–H groups in total. The fraction of sp³-hybridized carbons (Fsp3) is 0.188. The van der Waals surface area contributed by atoms with Gasteiger partial charge in [0.05, 0.1) is 5.71 Å². The molecular formula is C32H31NO2. The minimum absolute atomic E-state index is 0.364. The van der Waals surface area contributed by atoms with E-state index in [1.165, 1.54) is 0 Å². The van der Waals surface area contributed by atoms with Crippen LogP contribution in [0.15, 0.2) is 121 Å². The smallest absolute Gasteiger partial charge is 0.332 e. The highest BCUT2D eigenvalue weighted by atomic mass is 16.6. The summed E-state index contributed by atoms with van der Waals surface area (Å²) in [5.74, 6) is -0.739. The van der Waals surface area contributed by atoms with Crippen molar-refractivity contribution in [3.05, 3.63) is 132 Å². The lowest BCUT2D eigenvalue weighted by molar-refractivity contribution is -0.156. The van der Waals surface area contributed by atoms with Crippen molar-refractivity contribution >= 4 is 22.5 Å². The molecule has 0 heterocycles. The Morgan fingerprint density at radius 3 is 1.89 bits per heavy atom. The highest BCUT2D eigenvalue weighted by Crippen LogP contribution is 2.30. The number of aliphatic imine (C=N–C) groups is 1. The third-order valence-corrected chi connectivity index (χ3v) is 5.76. The Bertz CT molecular complexity index is 1290. The van der Waals surface area contributed by atoms with Gasteiger partial charge in [-0.25, -0.2) is 4.79 Å². The first-order valence-electron chi connectivity index (χ1n) is 11.9. The number of hydrogen-bond acceptors (Lipinski definition) is 3. The second-order valence-corrected chi connectivity index (χ2v) is 9.56. The lowest BCUT2D eigenvalue weighted by atomic mass is 9.89. The highest BCUT2D eigenvalue weighted by Gasteiger charge is 2.32. The molecule has 0 bridgehead atoms. The van der Waals surface area contributed by atoms with Gasteiger partial charge >= 0.3 is 5.97 Å². The molecule has 3 heteroatoms. The molecule has 0 aliphatic rings. The van der Waals surface area contributed by atoms with E-state index in [4.69, 9.17) is 9.73 Å². The van der Waals surface area contributed by atoms with Gasteiger partial charge in [-0.05, 0) is 37.1 Å². The molecule has 4 aromatic rings. The first-order chi connectivity index (χ1) is 16.9. The minimum atomic E-state index is -0.803. The molecule has 0 saturated carbocycles. The maximum Gasteiger partial charge on any atom is 0.332 e. The van der Waals surface area contributed by atoms with Crippen molar-refractivity contribution in [2.24, 2.45) is 4.99 Å². The van der Waals surface area contributed by atoms with E-state index in [9.17, 15) is 4.79 Å². The molecule has 0 aliphatic heterocycles. The van der Waals surface area contributed by atoms with Crippen LogP contribution in [0, 0.1) is 0 Å². The molecule has 0 aromatic heterocycles. The van der Waals surface area contributed by atoms with Gasteiger partial charge in [-0.2, -0.15) is 0 Å². The molecule has 0 spiro atoms. The molecule has 0 unspecified atom stereocenters. The van der Waals surface area contributed by atoms with Crippen molar-refractivity contribution < 1.29 is 9.53 Å². The van der Waals surface area contributed by atoms with E-state index in [2.05, 4.69) is 30.8 Å². The highest BCUT2D eigenvalue weighted by molar-refractivity contribution is 6.13. The molecule has 3 nitrogen and oxygen atoms in total. The fourth-order valence-electron chi connectivity index (χ4n) is 4.15. The van der Waals surface area contributed by atoms with Gasteiger partial charge in [-0.3, -0.25) is 4.99 Å². The summed E-state index contributed by atoms with van der Waals surface area (Å²) in [4.78, 5) is 18.7. The number of nitrogens with zero attached hydrogens (tertiary/aromatic N) is 1. The van der Waals surface area contributed by atoms with Crippen molar-refractivity contribution in [1.29, 1.82) is 0 Å². The quantitative estimate of drug-likeness (QED) is 0.164. The molecule has 0 saturated heterocycles. The van der Waals surface area contributed by atoms with Crippen LogP contribution in [0.5, 0.6) is 0 Å². The number of hydrogen-bond donors (Lipinski definition) is 0. The fourth-order valence-corrected chi connectivity index (χ4v) is 4.15. The summed E-state index contributed by atoms with van der Waals surface area (Å²) in [7, 11) is 0. The summed E-state index contributed by atoms with van der Waals surface area (Å²) in [5.41, 5.74) is 2.95. The van der Waals surface area contributed by atoms with E-state index in [-0.39, 0.29) is 11.9 Å². The summed E-state index contributed by atoms with van der Waals surface area (Å²) < 4.78 is 5.87. The zero-order valence-electron chi connectivity index (χ0n) is 20.5. The van der Waals surface area contributed by atoms with Crippen LogP contribution in [0.2, 0.25) is 0 Å². The Labute approximate surface area is 207 Å². The number of ether oxygens (including phenoxy) is 1. The maximum atomic E-state index is 13.6. The normalized spacial score (nSPS) is 13.0. The summed E-state index contributed by atoms with van der Waals surface area (Å²) >= 11 is 0. The first-order valence-corrected chi connectivity index (χ1v) is 11.9. The van der Waals surface area contributed by atoms with Gasteiger partial charge in [0.25, 0.3) is 0 Å². The van der Waals surface area contributed by atoms with Crippen LogP contribution in [0.25, 0.3) is 10.8 Å². The molecule has 2 atom stereocenters. The van der Waals surface area contributed by atoms with E-state index < -0.39 is 11.6 Å². The van der Waals surface area contributed by atoms with Crippen molar-refractivity contribution in [2.45, 2.75) is 38.3 Å². The maximum absolute atomic E-state index is 13.6. The molecule has 4 aromatic carbocycles. The van der Waals surface area contributed by atoms with E-state index in [1.807, 2.05) is 99.6 Å². The second-order valence-electron chi connectivity index (χ2n) is 9.56. The number of carbonyl (C=O) groups excluding carboxylic acids is 1. The van der Waals surface area contributed by atoms with Gasteiger partial charge in [0, 0.05) is 17.0 Å². The molecule has 35 heavy (non-hydrogen) atoms. The largest absolute Gasteiger partial charge is 0.458 e. The van der Waals surface area contributed by atoms with Crippen LogP contribution in [0.4, 0.5) is 0 Å². The summed E-state index contributed by atoms with van der Waals surface area (Å²) in [6.45, 7) is 9.72. The zero-order chi connectivity index (χ0) is 24.8. The lowest BCUT2D eigenvalue weighted by Crippen LogP contribution is -2.35. The van der Waals surface area contributed by atoms with E-state index >= 15 is 0 Å². The van der Waals surface area contributed by atoms with Crippen LogP contribution in [0.1, 0.15) is 43.4 Å². The lowest BCUT2D eigenvalue weighted by Gasteiger charge is -2.27. The van der Waals surface area contributed by atoms with Crippen molar-refractivity contribution in [3.63, 3.8) is 0 Å². The van der Waals surface area contributed by atoms with Gasteiger partial charge in [0.2, 0.25) is 0 Å². The zero-order valence-corrected chi connectivity index (χ0v) is 20.5. The number of rotatable bonds is 7. The Morgan fingerprint density at radius 1 is 0.800 bits per heavy atom. The topological polar surface area (TPSA) is 38.7 Å². The Kier molecular flexibility index (Phi) is 7.26. The van der Waals surface area contributed by atoms with Gasteiger partial charge in [0.15, 0.2) is 6.04 Å². The summed E-state index contributed by atoms with van der Waals surface area (Å²) in [5, 5.41) is 2.25. The molecule has 0 radical (unpaired) electrons. The van der Waals surface area contributed by atoms with Crippen LogP contribution >= 0.6 is 0 Å². The van der Waals surface area contributed by atoms with E-state index in [0.717, 1.165) is 33.2 Å². The first kappa shape index (κ1) is 24.2. The molecular weight excluding hydrogens is 430 g/mol. The minimum Gasteiger partial charge on any atom is -0.458 e. The van der Waals surface area contributed by atoms with Crippen LogP contribution in [0.3, 0.4) is 0 Å². The van der Waals surface area contributed by atoms with Gasteiger partial charge in [-0.1, -0.05) is 109 Å². The van der Waals surface area contributed by atoms with E-state index in [1.54, 1.807) is 6.08 Å². The number of carbonyl (C=O) groups is 1. The Morgan fingerprint density at radius 2 is 1.34 bits per heavy atom. The van der Waals surface area contributed by atoms with Gasteiger partial charge < -0.3 is 4.74 Å². The number of benzene rings is 4. The molecule has 0 aliphatic carbocycles. The van der Waals surface area contributed by atoms with Crippen LogP contribution in [-0.2, 0) is 9.53 Å². The average molecular weight is 462 g/mol. The average Bonchev–Trinajstić information content (AvgIpc) is 2.86. The number of esters is 1. The molecule has 0 amide bonds.